The van der Waals surface area contributed by atoms with Crippen molar-refractivity contribution >= 4 is 11.6 Å². The summed E-state index contributed by atoms with van der Waals surface area (Å²) in [6.07, 6.45) is 1.82. The van der Waals surface area contributed by atoms with Crippen LogP contribution in [0.15, 0.2) is 53.1 Å². The molecule has 2 aromatic carbocycles. The van der Waals surface area contributed by atoms with E-state index in [-0.39, 0.29) is 17.2 Å². The molecule has 1 unspecified atom stereocenters. The van der Waals surface area contributed by atoms with Crippen LogP contribution in [0.3, 0.4) is 0 Å². The van der Waals surface area contributed by atoms with Gasteiger partial charge in [0.25, 0.3) is 0 Å². The molecule has 1 saturated heterocycles. The minimum absolute atomic E-state index is 0.0371. The van der Waals surface area contributed by atoms with E-state index >= 15 is 0 Å². The lowest BCUT2D eigenvalue weighted by Gasteiger charge is -2.30. The van der Waals surface area contributed by atoms with Crippen LogP contribution in [0.25, 0.3) is 11.4 Å². The number of ether oxygens (including phenoxy) is 1. The first kappa shape index (κ1) is 23.0. The number of carbonyl (C=O) groups excluding carboxylic acids is 1. The van der Waals surface area contributed by atoms with Gasteiger partial charge in [-0.25, -0.2) is 0 Å². The summed E-state index contributed by atoms with van der Waals surface area (Å²) in [5, 5.41) is 7.18. The Morgan fingerprint density at radius 1 is 1.15 bits per heavy atom. The van der Waals surface area contributed by atoms with E-state index in [0.29, 0.717) is 24.8 Å². The van der Waals surface area contributed by atoms with Gasteiger partial charge in [0.15, 0.2) is 0 Å². The number of likely N-dealkylation sites (tertiary alicyclic amines) is 1. The summed E-state index contributed by atoms with van der Waals surface area (Å²) in [7, 11) is 1.62. The van der Waals surface area contributed by atoms with Crippen molar-refractivity contribution in [2.24, 2.45) is 5.92 Å². The summed E-state index contributed by atoms with van der Waals surface area (Å²) >= 11 is 0. The number of rotatable bonds is 6. The first-order valence-corrected chi connectivity index (χ1v) is 11.4. The summed E-state index contributed by atoms with van der Waals surface area (Å²) < 4.78 is 10.7. The lowest BCUT2D eigenvalue weighted by atomic mass is 9.87. The average molecular weight is 449 g/mol. The predicted molar refractivity (Wildman–Crippen MR) is 128 cm³/mol. The van der Waals surface area contributed by atoms with Gasteiger partial charge in [-0.3, -0.25) is 9.69 Å². The Morgan fingerprint density at radius 3 is 2.55 bits per heavy atom. The molecule has 1 aliphatic heterocycles. The standard InChI is InChI=1S/C26H32N4O3/c1-26(2,3)20-9-7-18(8-10-20)24-28-23(33-29-24)17-30-15-5-6-19(16-30)25(31)27-21-11-13-22(32-4)14-12-21/h7-14,19H,5-6,15-17H2,1-4H3,(H,27,31). The number of nitrogens with one attached hydrogen (secondary N) is 1. The zero-order valence-corrected chi connectivity index (χ0v) is 19.8. The maximum atomic E-state index is 12.8. The zero-order valence-electron chi connectivity index (χ0n) is 19.8. The molecule has 1 amide bonds. The number of methoxy groups -OCH3 is 1. The molecule has 0 radical (unpaired) electrons. The molecule has 7 heteroatoms. The number of nitrogens with zero attached hydrogens (tertiary/aromatic N) is 3. The number of hydrogen-bond donors (Lipinski definition) is 1. The molecule has 1 atom stereocenters. The Kier molecular flexibility index (Phi) is 6.79. The monoisotopic (exact) mass is 448 g/mol. The fourth-order valence-electron chi connectivity index (χ4n) is 4.08. The molecule has 174 valence electrons. The van der Waals surface area contributed by atoms with Gasteiger partial charge in [0.2, 0.25) is 17.6 Å². The molecule has 1 aromatic heterocycles. The van der Waals surface area contributed by atoms with Crippen LogP contribution in [0.4, 0.5) is 5.69 Å². The highest BCUT2D eigenvalue weighted by atomic mass is 16.5. The van der Waals surface area contributed by atoms with Crippen molar-refractivity contribution in [3.8, 4) is 17.1 Å². The Bertz CT molecular complexity index is 1070. The number of carbonyl (C=O) groups is 1. The zero-order chi connectivity index (χ0) is 23.4. The Hall–Kier alpha value is -3.19. The minimum atomic E-state index is -0.0758. The third-order valence-electron chi connectivity index (χ3n) is 6.07. The third kappa shape index (κ3) is 5.79. The second-order valence-electron chi connectivity index (χ2n) is 9.63. The minimum Gasteiger partial charge on any atom is -0.497 e. The maximum Gasteiger partial charge on any atom is 0.241 e. The highest BCUT2D eigenvalue weighted by Crippen LogP contribution is 2.26. The predicted octanol–water partition coefficient (Wildman–Crippen LogP) is 4.89. The van der Waals surface area contributed by atoms with E-state index < -0.39 is 0 Å². The first-order valence-electron chi connectivity index (χ1n) is 11.4. The van der Waals surface area contributed by atoms with E-state index in [0.717, 1.165) is 36.4 Å². The smallest absolute Gasteiger partial charge is 0.241 e. The van der Waals surface area contributed by atoms with Gasteiger partial charge < -0.3 is 14.6 Å². The molecule has 0 saturated carbocycles. The maximum absolute atomic E-state index is 12.8. The summed E-state index contributed by atoms with van der Waals surface area (Å²) in [6, 6.07) is 15.7. The molecule has 0 spiro atoms. The van der Waals surface area contributed by atoms with Crippen molar-refractivity contribution in [1.82, 2.24) is 15.0 Å². The SMILES string of the molecule is COc1ccc(NC(=O)C2CCCN(Cc3nc(-c4ccc(C(C)(C)C)cc4)no3)C2)cc1. The number of piperidine rings is 1. The molecule has 33 heavy (non-hydrogen) atoms. The van der Waals surface area contributed by atoms with Crippen LogP contribution in [0, 0.1) is 5.92 Å². The molecular formula is C26H32N4O3. The Balaban J connectivity index is 1.34. The van der Waals surface area contributed by atoms with Gasteiger partial charge >= 0.3 is 0 Å². The van der Waals surface area contributed by atoms with Crippen LogP contribution in [0.5, 0.6) is 5.75 Å². The van der Waals surface area contributed by atoms with Gasteiger partial charge in [0.1, 0.15) is 5.75 Å². The van der Waals surface area contributed by atoms with Crippen molar-refractivity contribution in [3.05, 3.63) is 60.0 Å². The molecule has 4 rings (SSSR count). The van der Waals surface area contributed by atoms with Gasteiger partial charge in [0, 0.05) is 17.8 Å². The van der Waals surface area contributed by atoms with Crippen LogP contribution in [-0.4, -0.2) is 41.1 Å². The molecule has 3 aromatic rings. The van der Waals surface area contributed by atoms with E-state index in [2.05, 4.69) is 53.3 Å². The number of benzene rings is 2. The first-order chi connectivity index (χ1) is 15.8. The van der Waals surface area contributed by atoms with Crippen molar-refractivity contribution in [3.63, 3.8) is 0 Å². The van der Waals surface area contributed by atoms with Crippen LogP contribution in [0.1, 0.15) is 45.1 Å². The van der Waals surface area contributed by atoms with Crippen molar-refractivity contribution in [2.75, 3.05) is 25.5 Å². The van der Waals surface area contributed by atoms with Crippen molar-refractivity contribution in [1.29, 1.82) is 0 Å². The fourth-order valence-corrected chi connectivity index (χ4v) is 4.08. The van der Waals surface area contributed by atoms with E-state index in [1.54, 1.807) is 7.11 Å². The van der Waals surface area contributed by atoms with E-state index in [4.69, 9.17) is 9.26 Å². The van der Waals surface area contributed by atoms with E-state index in [9.17, 15) is 4.79 Å². The number of amides is 1. The number of anilines is 1. The molecule has 0 bridgehead atoms. The van der Waals surface area contributed by atoms with Gasteiger partial charge in [-0.2, -0.15) is 4.98 Å². The summed E-state index contributed by atoms with van der Waals surface area (Å²) in [5.74, 6) is 1.89. The fraction of sp³-hybridized carbons (Fsp3) is 0.423. The molecule has 1 aliphatic rings. The molecule has 1 N–H and O–H groups in total. The average Bonchev–Trinajstić information content (AvgIpc) is 3.28. The van der Waals surface area contributed by atoms with Crippen molar-refractivity contribution in [2.45, 2.75) is 45.6 Å². The van der Waals surface area contributed by atoms with E-state index in [1.807, 2.05) is 36.4 Å². The third-order valence-corrected chi connectivity index (χ3v) is 6.07. The van der Waals surface area contributed by atoms with Gasteiger partial charge in [0.05, 0.1) is 19.6 Å². The second kappa shape index (κ2) is 9.75. The largest absolute Gasteiger partial charge is 0.497 e. The van der Waals surface area contributed by atoms with Gasteiger partial charge in [-0.1, -0.05) is 50.2 Å². The van der Waals surface area contributed by atoms with Gasteiger partial charge in [-0.15, -0.1) is 0 Å². The van der Waals surface area contributed by atoms with Crippen LogP contribution >= 0.6 is 0 Å². The normalized spacial score (nSPS) is 17.0. The lowest BCUT2D eigenvalue weighted by molar-refractivity contribution is -0.121. The van der Waals surface area contributed by atoms with Crippen LogP contribution in [0.2, 0.25) is 0 Å². The molecule has 7 nitrogen and oxygen atoms in total. The highest BCUT2D eigenvalue weighted by Gasteiger charge is 2.27. The summed E-state index contributed by atoms with van der Waals surface area (Å²) in [4.78, 5) is 19.6. The molecule has 1 fully saturated rings. The second-order valence-corrected chi connectivity index (χ2v) is 9.63. The van der Waals surface area contributed by atoms with Crippen molar-refractivity contribution < 1.29 is 14.1 Å². The number of hydrogen-bond acceptors (Lipinski definition) is 6. The lowest BCUT2D eigenvalue weighted by Crippen LogP contribution is -2.40. The molecular weight excluding hydrogens is 416 g/mol. The quantitative estimate of drug-likeness (QED) is 0.578. The Morgan fingerprint density at radius 2 is 1.88 bits per heavy atom. The summed E-state index contributed by atoms with van der Waals surface area (Å²) in [5.41, 5.74) is 3.08. The molecule has 0 aliphatic carbocycles. The Labute approximate surface area is 195 Å². The molecule has 2 heterocycles. The topological polar surface area (TPSA) is 80.5 Å². The van der Waals surface area contributed by atoms with Crippen LogP contribution in [-0.2, 0) is 16.8 Å². The summed E-state index contributed by atoms with van der Waals surface area (Å²) in [6.45, 7) is 8.69. The number of aromatic nitrogens is 2. The van der Waals surface area contributed by atoms with Gasteiger partial charge in [-0.05, 0) is 54.6 Å². The highest BCUT2D eigenvalue weighted by molar-refractivity contribution is 5.92. The van der Waals surface area contributed by atoms with Crippen LogP contribution < -0.4 is 10.1 Å². The van der Waals surface area contributed by atoms with E-state index in [1.165, 1.54) is 5.56 Å².